The van der Waals surface area contributed by atoms with E-state index in [0.29, 0.717) is 12.5 Å². The van der Waals surface area contributed by atoms with Gasteiger partial charge in [-0.1, -0.05) is 56.3 Å². The number of nitrogens with one attached hydrogen (secondary N) is 1. The van der Waals surface area contributed by atoms with Crippen LogP contribution in [0.15, 0.2) is 60.7 Å². The maximum absolute atomic E-state index is 12.1. The van der Waals surface area contributed by atoms with E-state index in [1.54, 1.807) is 6.08 Å². The molecule has 1 amide bonds. The third-order valence-corrected chi connectivity index (χ3v) is 4.54. The Bertz CT molecular complexity index is 910. The molecule has 1 aromatic heterocycles. The Morgan fingerprint density at radius 2 is 1.85 bits per heavy atom. The summed E-state index contributed by atoms with van der Waals surface area (Å²) >= 11 is 0. The lowest BCUT2D eigenvalue weighted by Gasteiger charge is -2.11. The number of rotatable bonds is 8. The molecule has 0 saturated carbocycles. The molecule has 4 nitrogen and oxygen atoms in total. The van der Waals surface area contributed by atoms with Crippen LogP contribution in [-0.2, 0) is 17.8 Å². The second-order valence-electron chi connectivity index (χ2n) is 7.14. The zero-order valence-corrected chi connectivity index (χ0v) is 16.1. The molecule has 140 valence electrons. The predicted molar refractivity (Wildman–Crippen MR) is 111 cm³/mol. The first kappa shape index (κ1) is 18.9. The highest BCUT2D eigenvalue weighted by Crippen LogP contribution is 2.18. The molecule has 0 aliphatic carbocycles. The Kier molecular flexibility index (Phi) is 6.42. The number of nitrogens with zero attached hydrogens (tertiary/aromatic N) is 2. The number of carbonyl (C=O) groups excluding carboxylic acids is 1. The van der Waals surface area contributed by atoms with E-state index in [9.17, 15) is 4.79 Å². The summed E-state index contributed by atoms with van der Waals surface area (Å²) in [5.41, 5.74) is 3.21. The zero-order valence-electron chi connectivity index (χ0n) is 16.1. The molecule has 1 heterocycles. The largest absolute Gasteiger partial charge is 0.352 e. The second-order valence-corrected chi connectivity index (χ2v) is 7.14. The Hall–Kier alpha value is -2.88. The first-order valence-corrected chi connectivity index (χ1v) is 9.58. The van der Waals surface area contributed by atoms with Gasteiger partial charge in [-0.2, -0.15) is 0 Å². The molecule has 0 atom stereocenters. The minimum Gasteiger partial charge on any atom is -0.352 e. The Morgan fingerprint density at radius 3 is 2.63 bits per heavy atom. The molecular weight excluding hydrogens is 334 g/mol. The smallest absolute Gasteiger partial charge is 0.244 e. The van der Waals surface area contributed by atoms with E-state index in [1.165, 1.54) is 5.52 Å². The van der Waals surface area contributed by atoms with E-state index in [-0.39, 0.29) is 5.91 Å². The van der Waals surface area contributed by atoms with Gasteiger partial charge in [0, 0.05) is 25.6 Å². The van der Waals surface area contributed by atoms with Gasteiger partial charge >= 0.3 is 0 Å². The van der Waals surface area contributed by atoms with Crippen molar-refractivity contribution >= 4 is 23.0 Å². The maximum atomic E-state index is 12.1. The summed E-state index contributed by atoms with van der Waals surface area (Å²) in [7, 11) is 0. The van der Waals surface area contributed by atoms with E-state index >= 15 is 0 Å². The Labute approximate surface area is 160 Å². The lowest BCUT2D eigenvalue weighted by Crippen LogP contribution is -2.24. The number of aryl methyl sites for hydroxylation is 1. The van der Waals surface area contributed by atoms with Crippen molar-refractivity contribution in [2.24, 2.45) is 5.92 Å². The normalized spacial score (nSPS) is 11.5. The molecule has 0 unspecified atom stereocenters. The van der Waals surface area contributed by atoms with Crippen molar-refractivity contribution in [1.29, 1.82) is 0 Å². The fourth-order valence-electron chi connectivity index (χ4n) is 3.05. The van der Waals surface area contributed by atoms with Gasteiger partial charge in [-0.25, -0.2) is 4.98 Å². The van der Waals surface area contributed by atoms with Crippen molar-refractivity contribution in [3.8, 4) is 0 Å². The molecule has 0 bridgehead atoms. The van der Waals surface area contributed by atoms with Crippen LogP contribution in [0.4, 0.5) is 0 Å². The van der Waals surface area contributed by atoms with Gasteiger partial charge in [-0.3, -0.25) is 4.79 Å². The van der Waals surface area contributed by atoms with Gasteiger partial charge in [0.25, 0.3) is 0 Å². The number of amides is 1. The van der Waals surface area contributed by atoms with Crippen LogP contribution < -0.4 is 5.32 Å². The summed E-state index contributed by atoms with van der Waals surface area (Å²) in [6.07, 6.45) is 5.24. The van der Waals surface area contributed by atoms with E-state index < -0.39 is 0 Å². The van der Waals surface area contributed by atoms with Crippen LogP contribution in [0.2, 0.25) is 0 Å². The average Bonchev–Trinajstić information content (AvgIpc) is 3.03. The predicted octanol–water partition coefficient (Wildman–Crippen LogP) is 4.45. The molecule has 0 aliphatic rings. The van der Waals surface area contributed by atoms with E-state index in [1.807, 2.05) is 48.5 Å². The van der Waals surface area contributed by atoms with Crippen LogP contribution in [0.25, 0.3) is 17.1 Å². The number of para-hydroxylation sites is 2. The second kappa shape index (κ2) is 9.17. The van der Waals surface area contributed by atoms with E-state index in [2.05, 4.69) is 35.9 Å². The molecule has 27 heavy (non-hydrogen) atoms. The molecule has 3 aromatic rings. The van der Waals surface area contributed by atoms with E-state index in [0.717, 1.165) is 36.3 Å². The minimum atomic E-state index is -0.0799. The molecule has 3 rings (SSSR count). The molecule has 0 spiro atoms. The van der Waals surface area contributed by atoms with Crippen molar-refractivity contribution in [3.05, 3.63) is 72.1 Å². The monoisotopic (exact) mass is 361 g/mol. The number of hydrogen-bond acceptors (Lipinski definition) is 2. The number of hydrogen-bond donors (Lipinski definition) is 1. The molecule has 2 aromatic carbocycles. The summed E-state index contributed by atoms with van der Waals surface area (Å²) in [6.45, 7) is 5.99. The number of carbonyl (C=O) groups is 1. The van der Waals surface area contributed by atoms with Crippen molar-refractivity contribution in [2.45, 2.75) is 33.2 Å². The summed E-state index contributed by atoms with van der Waals surface area (Å²) < 4.78 is 2.29. The summed E-state index contributed by atoms with van der Waals surface area (Å²) in [4.78, 5) is 16.8. The third-order valence-electron chi connectivity index (χ3n) is 4.54. The van der Waals surface area contributed by atoms with Crippen LogP contribution in [0.3, 0.4) is 0 Å². The number of benzene rings is 2. The van der Waals surface area contributed by atoms with Gasteiger partial charge in [-0.15, -0.1) is 0 Å². The Balaban J connectivity index is 1.61. The summed E-state index contributed by atoms with van der Waals surface area (Å²) in [5.74, 6) is 1.59. The summed E-state index contributed by atoms with van der Waals surface area (Å²) in [6, 6.07) is 18.1. The fourth-order valence-corrected chi connectivity index (χ4v) is 3.05. The lowest BCUT2D eigenvalue weighted by atomic mass is 10.1. The van der Waals surface area contributed by atoms with Gasteiger partial charge < -0.3 is 9.88 Å². The average molecular weight is 361 g/mol. The van der Waals surface area contributed by atoms with Gasteiger partial charge in [0.1, 0.15) is 5.82 Å². The van der Waals surface area contributed by atoms with Gasteiger partial charge in [0.15, 0.2) is 0 Å². The van der Waals surface area contributed by atoms with E-state index in [4.69, 9.17) is 4.98 Å². The molecular formula is C23H27N3O. The van der Waals surface area contributed by atoms with Gasteiger partial charge in [0.2, 0.25) is 5.91 Å². The van der Waals surface area contributed by atoms with Gasteiger partial charge in [0.05, 0.1) is 11.0 Å². The molecule has 1 N–H and O–H groups in total. The highest BCUT2D eigenvalue weighted by molar-refractivity contribution is 5.91. The Morgan fingerprint density at radius 1 is 1.11 bits per heavy atom. The van der Waals surface area contributed by atoms with Crippen molar-refractivity contribution in [1.82, 2.24) is 14.9 Å². The molecule has 0 fully saturated rings. The van der Waals surface area contributed by atoms with Crippen molar-refractivity contribution in [3.63, 3.8) is 0 Å². The standard InChI is InChI=1S/C23H27N3O/c1-18(2)15-17-26-21-11-7-6-10-20(21)25-22(26)14-16-24-23(27)13-12-19-8-4-3-5-9-19/h3-13,18H,14-17H2,1-2H3,(H,24,27)/b13-12+. The summed E-state index contributed by atoms with van der Waals surface area (Å²) in [5, 5.41) is 2.96. The van der Waals surface area contributed by atoms with Crippen LogP contribution in [0.5, 0.6) is 0 Å². The SMILES string of the molecule is CC(C)CCn1c(CCNC(=O)/C=C/c2ccccc2)nc2ccccc21. The highest BCUT2D eigenvalue weighted by atomic mass is 16.1. The van der Waals surface area contributed by atoms with Crippen LogP contribution in [-0.4, -0.2) is 22.0 Å². The lowest BCUT2D eigenvalue weighted by molar-refractivity contribution is -0.116. The van der Waals surface area contributed by atoms with Crippen molar-refractivity contribution < 1.29 is 4.79 Å². The van der Waals surface area contributed by atoms with Crippen LogP contribution in [0.1, 0.15) is 31.7 Å². The van der Waals surface area contributed by atoms with Crippen LogP contribution in [0, 0.1) is 5.92 Å². The number of aromatic nitrogens is 2. The first-order chi connectivity index (χ1) is 13.1. The molecule has 0 saturated heterocycles. The molecule has 0 aliphatic heterocycles. The number of imidazole rings is 1. The third kappa shape index (κ3) is 5.30. The molecule has 4 heteroatoms. The first-order valence-electron chi connectivity index (χ1n) is 9.58. The molecule has 0 radical (unpaired) electrons. The maximum Gasteiger partial charge on any atom is 0.244 e. The van der Waals surface area contributed by atoms with Crippen LogP contribution >= 0.6 is 0 Å². The zero-order chi connectivity index (χ0) is 19.1. The minimum absolute atomic E-state index is 0.0799. The highest BCUT2D eigenvalue weighted by Gasteiger charge is 2.11. The topological polar surface area (TPSA) is 46.9 Å². The fraction of sp³-hybridized carbons (Fsp3) is 0.304. The van der Waals surface area contributed by atoms with Gasteiger partial charge in [-0.05, 0) is 36.1 Å². The number of fused-ring (bicyclic) bond motifs is 1. The quantitative estimate of drug-likeness (QED) is 0.602. The van der Waals surface area contributed by atoms with Crippen molar-refractivity contribution in [2.75, 3.05) is 6.54 Å².